The summed E-state index contributed by atoms with van der Waals surface area (Å²) in [4.78, 5) is 13.8. The fourth-order valence-corrected chi connectivity index (χ4v) is 5.18. The van der Waals surface area contributed by atoms with Gasteiger partial charge in [-0.15, -0.1) is 0 Å². The van der Waals surface area contributed by atoms with E-state index in [1.54, 1.807) is 14.2 Å². The van der Waals surface area contributed by atoms with Crippen molar-refractivity contribution in [3.8, 4) is 17.2 Å². The van der Waals surface area contributed by atoms with Gasteiger partial charge in [0.15, 0.2) is 17.3 Å². The Hall–Kier alpha value is -3.93. The van der Waals surface area contributed by atoms with Crippen LogP contribution in [0, 0.1) is 0 Å². The zero-order valence-electron chi connectivity index (χ0n) is 21.1. The maximum absolute atomic E-state index is 13.8. The third kappa shape index (κ3) is 4.51. The SMILES string of the molecule is COc1cc(C2Nc3ccccc3NC3=C2C(=O)CC(c2ccccc2OC)C3)ccc1OC(C)C. The molecule has 2 atom stereocenters. The normalized spacial score (nSPS) is 19.0. The van der Waals surface area contributed by atoms with Gasteiger partial charge in [0.2, 0.25) is 0 Å². The quantitative estimate of drug-likeness (QED) is 0.418. The summed E-state index contributed by atoms with van der Waals surface area (Å²) in [7, 11) is 3.31. The summed E-state index contributed by atoms with van der Waals surface area (Å²) in [6, 6.07) is 21.6. The van der Waals surface area contributed by atoms with E-state index in [2.05, 4.69) is 16.7 Å². The average Bonchev–Trinajstić information content (AvgIpc) is 3.05. The van der Waals surface area contributed by atoms with Crippen molar-refractivity contribution < 1.29 is 19.0 Å². The molecule has 0 saturated heterocycles. The van der Waals surface area contributed by atoms with Crippen LogP contribution in [0.3, 0.4) is 0 Å². The fourth-order valence-electron chi connectivity index (χ4n) is 5.18. The first kappa shape index (κ1) is 23.8. The Kier molecular flexibility index (Phi) is 6.59. The van der Waals surface area contributed by atoms with Crippen molar-refractivity contribution >= 4 is 17.2 Å². The number of hydrogen-bond acceptors (Lipinski definition) is 6. The van der Waals surface area contributed by atoms with Crippen molar-refractivity contribution in [2.24, 2.45) is 0 Å². The molecule has 1 heterocycles. The number of carbonyl (C=O) groups is 1. The molecule has 0 aromatic heterocycles. The number of ether oxygens (including phenoxy) is 3. The average molecular weight is 485 g/mol. The summed E-state index contributed by atoms with van der Waals surface area (Å²) in [5, 5.41) is 7.23. The first-order chi connectivity index (χ1) is 17.5. The second-order valence-corrected chi connectivity index (χ2v) is 9.49. The highest BCUT2D eigenvalue weighted by Gasteiger charge is 2.37. The van der Waals surface area contributed by atoms with Crippen LogP contribution < -0.4 is 24.8 Å². The third-order valence-electron chi connectivity index (χ3n) is 6.77. The predicted molar refractivity (Wildman–Crippen MR) is 142 cm³/mol. The van der Waals surface area contributed by atoms with Gasteiger partial charge < -0.3 is 24.8 Å². The van der Waals surface area contributed by atoms with E-state index >= 15 is 0 Å². The lowest BCUT2D eigenvalue weighted by molar-refractivity contribution is -0.116. The second kappa shape index (κ2) is 9.97. The van der Waals surface area contributed by atoms with Gasteiger partial charge in [-0.3, -0.25) is 4.79 Å². The summed E-state index contributed by atoms with van der Waals surface area (Å²) >= 11 is 0. The minimum atomic E-state index is -0.329. The molecule has 2 aliphatic rings. The lowest BCUT2D eigenvalue weighted by Crippen LogP contribution is -2.27. The second-order valence-electron chi connectivity index (χ2n) is 9.49. The molecule has 0 fully saturated rings. The summed E-state index contributed by atoms with van der Waals surface area (Å²) in [6.07, 6.45) is 1.15. The smallest absolute Gasteiger partial charge is 0.163 e. The number of para-hydroxylation sites is 3. The van der Waals surface area contributed by atoms with Crippen LogP contribution in [0.2, 0.25) is 0 Å². The van der Waals surface area contributed by atoms with E-state index in [9.17, 15) is 4.79 Å². The molecular formula is C30H32N2O4. The van der Waals surface area contributed by atoms with E-state index in [0.29, 0.717) is 24.3 Å². The van der Waals surface area contributed by atoms with Gasteiger partial charge >= 0.3 is 0 Å². The van der Waals surface area contributed by atoms with Crippen LogP contribution >= 0.6 is 0 Å². The van der Waals surface area contributed by atoms with E-state index in [4.69, 9.17) is 14.2 Å². The number of carbonyl (C=O) groups excluding carboxylic acids is 1. The van der Waals surface area contributed by atoms with Crippen LogP contribution in [0.25, 0.3) is 0 Å². The van der Waals surface area contributed by atoms with Gasteiger partial charge in [0.25, 0.3) is 0 Å². The van der Waals surface area contributed by atoms with Crippen LogP contribution in [0.1, 0.15) is 49.8 Å². The van der Waals surface area contributed by atoms with Gasteiger partial charge in [0.05, 0.1) is 37.7 Å². The maximum atomic E-state index is 13.8. The standard InChI is InChI=1S/C30H32N2O4/c1-18(2)36-27-14-13-19(17-28(27)35-4)30-29-24(31-22-10-6-7-11-23(22)32-30)15-20(16-25(29)33)21-9-5-8-12-26(21)34-3/h5-14,17-18,20,30-32H,15-16H2,1-4H3. The zero-order valence-corrected chi connectivity index (χ0v) is 21.1. The molecule has 1 aliphatic heterocycles. The Morgan fingerprint density at radius 2 is 1.56 bits per heavy atom. The Morgan fingerprint density at radius 3 is 2.31 bits per heavy atom. The Balaban J connectivity index is 1.60. The number of hydrogen-bond donors (Lipinski definition) is 2. The minimum absolute atomic E-state index is 0.0259. The number of anilines is 2. The molecule has 0 radical (unpaired) electrons. The zero-order chi connectivity index (χ0) is 25.2. The van der Waals surface area contributed by atoms with Crippen molar-refractivity contribution in [2.75, 3.05) is 24.9 Å². The van der Waals surface area contributed by atoms with Crippen molar-refractivity contribution in [2.45, 2.75) is 44.8 Å². The van der Waals surface area contributed by atoms with Crippen molar-refractivity contribution in [3.63, 3.8) is 0 Å². The number of nitrogens with one attached hydrogen (secondary N) is 2. The Bertz CT molecular complexity index is 1310. The molecule has 3 aromatic rings. The van der Waals surface area contributed by atoms with Crippen LogP contribution in [-0.2, 0) is 4.79 Å². The van der Waals surface area contributed by atoms with Gasteiger partial charge in [0.1, 0.15) is 5.75 Å². The molecule has 3 aromatic carbocycles. The molecule has 36 heavy (non-hydrogen) atoms. The number of fused-ring (bicyclic) bond motifs is 1. The molecule has 6 heteroatoms. The molecule has 2 unspecified atom stereocenters. The molecule has 5 rings (SSSR count). The lowest BCUT2D eigenvalue weighted by atomic mass is 9.78. The molecule has 1 aliphatic carbocycles. The van der Waals surface area contributed by atoms with Crippen molar-refractivity contribution in [3.05, 3.63) is 89.1 Å². The molecular weight excluding hydrogens is 452 g/mol. The molecule has 2 N–H and O–H groups in total. The highest BCUT2D eigenvalue weighted by molar-refractivity contribution is 6.01. The number of allylic oxidation sites excluding steroid dienone is 1. The van der Waals surface area contributed by atoms with Crippen molar-refractivity contribution in [1.82, 2.24) is 0 Å². The number of methoxy groups -OCH3 is 2. The third-order valence-corrected chi connectivity index (χ3v) is 6.77. The first-order valence-electron chi connectivity index (χ1n) is 12.3. The van der Waals surface area contributed by atoms with E-state index < -0.39 is 0 Å². The van der Waals surface area contributed by atoms with E-state index in [-0.39, 0.29) is 23.8 Å². The summed E-state index contributed by atoms with van der Waals surface area (Å²) in [5.41, 5.74) is 5.59. The number of rotatable bonds is 6. The topological polar surface area (TPSA) is 68.8 Å². The Labute approximate surface area is 212 Å². The molecule has 186 valence electrons. The summed E-state index contributed by atoms with van der Waals surface area (Å²) in [5.74, 6) is 2.29. The van der Waals surface area contributed by atoms with Gasteiger partial charge in [-0.1, -0.05) is 36.4 Å². The number of benzene rings is 3. The highest BCUT2D eigenvalue weighted by Crippen LogP contribution is 2.46. The summed E-state index contributed by atoms with van der Waals surface area (Å²) in [6.45, 7) is 3.97. The molecule has 0 spiro atoms. The van der Waals surface area contributed by atoms with Gasteiger partial charge in [-0.25, -0.2) is 0 Å². The monoisotopic (exact) mass is 484 g/mol. The van der Waals surface area contributed by atoms with E-state index in [1.165, 1.54) is 0 Å². The fraction of sp³-hybridized carbons (Fsp3) is 0.300. The van der Waals surface area contributed by atoms with Gasteiger partial charge in [-0.2, -0.15) is 0 Å². The number of Topliss-reactive ketones (excluding diaryl/α,β-unsaturated/α-hetero) is 1. The minimum Gasteiger partial charge on any atom is -0.496 e. The highest BCUT2D eigenvalue weighted by atomic mass is 16.5. The molecule has 0 saturated carbocycles. The molecule has 6 nitrogen and oxygen atoms in total. The molecule has 0 amide bonds. The van der Waals surface area contributed by atoms with Crippen LogP contribution in [0.4, 0.5) is 11.4 Å². The van der Waals surface area contributed by atoms with Gasteiger partial charge in [-0.05, 0) is 61.7 Å². The van der Waals surface area contributed by atoms with Crippen LogP contribution in [0.5, 0.6) is 17.2 Å². The first-order valence-corrected chi connectivity index (χ1v) is 12.3. The summed E-state index contributed by atoms with van der Waals surface area (Å²) < 4.78 is 17.2. The van der Waals surface area contributed by atoms with E-state index in [0.717, 1.165) is 39.5 Å². The predicted octanol–water partition coefficient (Wildman–Crippen LogP) is 6.47. The lowest BCUT2D eigenvalue weighted by Gasteiger charge is -2.30. The van der Waals surface area contributed by atoms with E-state index in [1.807, 2.05) is 74.5 Å². The maximum Gasteiger partial charge on any atom is 0.163 e. The van der Waals surface area contributed by atoms with Crippen LogP contribution in [-0.4, -0.2) is 26.1 Å². The van der Waals surface area contributed by atoms with Crippen molar-refractivity contribution in [1.29, 1.82) is 0 Å². The number of ketones is 1. The largest absolute Gasteiger partial charge is 0.496 e. The van der Waals surface area contributed by atoms with Crippen LogP contribution in [0.15, 0.2) is 78.0 Å². The Morgan fingerprint density at radius 1 is 0.833 bits per heavy atom. The molecule has 0 bridgehead atoms. The van der Waals surface area contributed by atoms with Gasteiger partial charge in [0, 0.05) is 23.6 Å².